The van der Waals surface area contributed by atoms with Gasteiger partial charge in [0.25, 0.3) is 5.56 Å². The first-order valence-electron chi connectivity index (χ1n) is 9.21. The van der Waals surface area contributed by atoms with Crippen molar-refractivity contribution in [1.82, 2.24) is 19.1 Å². The minimum absolute atomic E-state index is 0.0921. The number of H-pyrrole nitrogens is 1. The molecule has 10 heteroatoms. The van der Waals surface area contributed by atoms with E-state index in [0.29, 0.717) is 12.8 Å². The second-order valence-electron chi connectivity index (χ2n) is 8.44. The van der Waals surface area contributed by atoms with Crippen molar-refractivity contribution in [2.45, 2.75) is 69.8 Å². The molecule has 2 aromatic rings. The topological polar surface area (TPSA) is 137 Å². The quantitative estimate of drug-likeness (QED) is 0.636. The van der Waals surface area contributed by atoms with Crippen LogP contribution in [0.2, 0.25) is 0 Å². The Morgan fingerprint density at radius 1 is 1.46 bits per heavy atom. The molecule has 0 aromatic carbocycles. The third-order valence-corrected chi connectivity index (χ3v) is 5.11. The van der Waals surface area contributed by atoms with Crippen molar-refractivity contribution < 1.29 is 14.6 Å². The average molecular weight is 391 g/mol. The van der Waals surface area contributed by atoms with E-state index in [0.717, 1.165) is 0 Å². The van der Waals surface area contributed by atoms with Crippen molar-refractivity contribution in [3.8, 4) is 0 Å². The number of nitrogens with zero attached hydrogens (tertiary/aromatic N) is 3. The van der Waals surface area contributed by atoms with Gasteiger partial charge in [-0.3, -0.25) is 14.3 Å². The summed E-state index contributed by atoms with van der Waals surface area (Å²) < 4.78 is 14.9. The Morgan fingerprint density at radius 3 is 2.71 bits per heavy atom. The Morgan fingerprint density at radius 2 is 2.14 bits per heavy atom. The van der Waals surface area contributed by atoms with Crippen LogP contribution >= 0.6 is 0 Å². The number of ether oxygens (including phenoxy) is 2. The van der Waals surface area contributed by atoms with E-state index < -0.39 is 40.9 Å². The molecule has 10 nitrogen and oxygen atoms in total. The molecular formula is C18H25N5O5. The number of aliphatic hydroxyl groups is 1. The number of nitrogens with two attached hydrogens (primary N) is 1. The molecule has 0 radical (unpaired) electrons. The van der Waals surface area contributed by atoms with Gasteiger partial charge in [-0.05, 0) is 20.8 Å². The maximum Gasteiger partial charge on any atom is 0.333 e. The van der Waals surface area contributed by atoms with E-state index in [4.69, 9.17) is 15.2 Å². The van der Waals surface area contributed by atoms with Crippen LogP contribution in [0.5, 0.6) is 0 Å². The van der Waals surface area contributed by atoms with Crippen LogP contribution in [0, 0.1) is 0 Å². The van der Waals surface area contributed by atoms with Gasteiger partial charge in [-0.2, -0.15) is 4.98 Å². The van der Waals surface area contributed by atoms with Crippen molar-refractivity contribution in [3.63, 3.8) is 0 Å². The zero-order valence-corrected chi connectivity index (χ0v) is 16.1. The number of aliphatic hydroxyl groups excluding tert-OH is 1. The highest BCUT2D eigenvalue weighted by Crippen LogP contribution is 2.54. The summed E-state index contributed by atoms with van der Waals surface area (Å²) in [4.78, 5) is 32.3. The lowest BCUT2D eigenvalue weighted by Crippen LogP contribution is -2.36. The summed E-state index contributed by atoms with van der Waals surface area (Å²) in [5, 5.41) is 10.1. The normalized spacial score (nSPS) is 29.6. The fourth-order valence-electron chi connectivity index (χ4n) is 3.92. The highest BCUT2D eigenvalue weighted by Gasteiger charge is 2.64. The maximum atomic E-state index is 13.2. The average Bonchev–Trinajstić information content (AvgIpc) is 2.90. The van der Waals surface area contributed by atoms with Gasteiger partial charge >= 0.3 is 5.69 Å². The standard InChI is InChI=1S/C18H25N5O5/c1-5-6-22-11-12(20-15(19)21-13(11)25)23(16(22)26)14-9(27-17(2,3)4)7-18(28-14)8-10(18)24/h5,9-10,14,24H,1,6-8H2,2-4H3,(H3,19,20,21,25)/t9-,10?,14?,18?/m1/s1. The molecule has 1 aliphatic heterocycles. The predicted molar refractivity (Wildman–Crippen MR) is 102 cm³/mol. The first-order valence-corrected chi connectivity index (χ1v) is 9.21. The number of hydrogen-bond donors (Lipinski definition) is 3. The van der Waals surface area contributed by atoms with E-state index in [1.165, 1.54) is 15.2 Å². The van der Waals surface area contributed by atoms with E-state index in [-0.39, 0.29) is 23.7 Å². The summed E-state index contributed by atoms with van der Waals surface area (Å²) in [5.41, 5.74) is 3.71. The lowest BCUT2D eigenvalue weighted by Gasteiger charge is -2.28. The number of hydrogen-bond acceptors (Lipinski definition) is 7. The first kappa shape index (κ1) is 18.9. The van der Waals surface area contributed by atoms with E-state index >= 15 is 0 Å². The minimum atomic E-state index is -0.842. The van der Waals surface area contributed by atoms with Gasteiger partial charge in [0.15, 0.2) is 17.4 Å². The van der Waals surface area contributed by atoms with E-state index in [2.05, 4.69) is 16.5 Å². The van der Waals surface area contributed by atoms with Crippen molar-refractivity contribution in [1.29, 1.82) is 0 Å². The Balaban J connectivity index is 1.92. The van der Waals surface area contributed by atoms with Gasteiger partial charge in [0, 0.05) is 19.4 Å². The minimum Gasteiger partial charge on any atom is -0.390 e. The number of rotatable bonds is 4. The summed E-state index contributed by atoms with van der Waals surface area (Å²) in [6.07, 6.45) is 0.485. The van der Waals surface area contributed by atoms with Crippen LogP contribution in [0.25, 0.3) is 11.2 Å². The third kappa shape index (κ3) is 2.88. The molecule has 3 heterocycles. The summed E-state index contributed by atoms with van der Waals surface area (Å²) in [5.74, 6) is -0.102. The van der Waals surface area contributed by atoms with Gasteiger partial charge in [0.1, 0.15) is 11.7 Å². The molecule has 2 aliphatic rings. The smallest absolute Gasteiger partial charge is 0.333 e. The van der Waals surface area contributed by atoms with Crippen LogP contribution in [-0.2, 0) is 16.0 Å². The third-order valence-electron chi connectivity index (χ3n) is 5.11. The molecule has 152 valence electrons. The van der Waals surface area contributed by atoms with Crippen molar-refractivity contribution in [3.05, 3.63) is 33.5 Å². The van der Waals surface area contributed by atoms with E-state index in [1.54, 1.807) is 0 Å². The van der Waals surface area contributed by atoms with E-state index in [1.807, 2.05) is 20.8 Å². The number of imidazole rings is 1. The molecule has 4 N–H and O–H groups in total. The maximum absolute atomic E-state index is 13.2. The Hall–Kier alpha value is -2.43. The largest absolute Gasteiger partial charge is 0.390 e. The Labute approximate surface area is 160 Å². The summed E-state index contributed by atoms with van der Waals surface area (Å²) in [6.45, 7) is 9.49. The zero-order chi connectivity index (χ0) is 20.4. The highest BCUT2D eigenvalue weighted by atomic mass is 16.6. The molecule has 0 bridgehead atoms. The number of anilines is 1. The second kappa shape index (κ2) is 6.03. The van der Waals surface area contributed by atoms with Gasteiger partial charge in [-0.1, -0.05) is 6.08 Å². The number of aromatic nitrogens is 4. The van der Waals surface area contributed by atoms with Gasteiger partial charge in [-0.15, -0.1) is 6.58 Å². The SMILES string of the molecule is C=CCn1c(=O)n(C2OC3(CC3O)C[C@H]2OC(C)(C)C)c2nc(N)[nH]c(=O)c21. The van der Waals surface area contributed by atoms with Crippen LogP contribution in [0.15, 0.2) is 22.2 Å². The summed E-state index contributed by atoms with van der Waals surface area (Å²) in [7, 11) is 0. The predicted octanol–water partition coefficient (Wildman–Crippen LogP) is 0.260. The summed E-state index contributed by atoms with van der Waals surface area (Å²) >= 11 is 0. The lowest BCUT2D eigenvalue weighted by molar-refractivity contribution is -0.119. The van der Waals surface area contributed by atoms with Crippen molar-refractivity contribution >= 4 is 17.1 Å². The zero-order valence-electron chi connectivity index (χ0n) is 16.1. The summed E-state index contributed by atoms with van der Waals surface area (Å²) in [6, 6.07) is 0. The molecule has 2 fully saturated rings. The molecule has 4 rings (SSSR count). The number of nitrogens with one attached hydrogen (secondary N) is 1. The Bertz CT molecular complexity index is 1060. The molecule has 4 atom stereocenters. The molecule has 28 heavy (non-hydrogen) atoms. The lowest BCUT2D eigenvalue weighted by atomic mass is 10.1. The molecule has 1 spiro atoms. The number of nitrogen functional groups attached to an aromatic ring is 1. The number of allylic oxidation sites excluding steroid dienone is 1. The monoisotopic (exact) mass is 391 g/mol. The fraction of sp³-hybridized carbons (Fsp3) is 0.611. The van der Waals surface area contributed by atoms with Gasteiger partial charge < -0.3 is 20.3 Å². The van der Waals surface area contributed by atoms with Gasteiger partial charge in [0.05, 0.1) is 11.7 Å². The highest BCUT2D eigenvalue weighted by molar-refractivity contribution is 5.72. The molecule has 3 unspecified atom stereocenters. The van der Waals surface area contributed by atoms with Gasteiger partial charge in [-0.25, -0.2) is 9.36 Å². The van der Waals surface area contributed by atoms with Crippen molar-refractivity contribution in [2.75, 3.05) is 5.73 Å². The molecule has 1 saturated carbocycles. The van der Waals surface area contributed by atoms with Crippen LogP contribution in [-0.4, -0.2) is 47.6 Å². The first-order chi connectivity index (χ1) is 13.1. The second-order valence-corrected chi connectivity index (χ2v) is 8.44. The molecule has 0 amide bonds. The van der Waals surface area contributed by atoms with Crippen LogP contribution in [0.3, 0.4) is 0 Å². The molecule has 1 aliphatic carbocycles. The van der Waals surface area contributed by atoms with Crippen LogP contribution in [0.4, 0.5) is 5.95 Å². The van der Waals surface area contributed by atoms with Crippen LogP contribution < -0.4 is 17.0 Å². The number of fused-ring (bicyclic) bond motifs is 1. The van der Waals surface area contributed by atoms with Crippen LogP contribution in [0.1, 0.15) is 39.8 Å². The number of aromatic amines is 1. The Kier molecular flexibility index (Phi) is 4.07. The molecule has 2 aromatic heterocycles. The molecular weight excluding hydrogens is 366 g/mol. The molecule has 1 saturated heterocycles. The van der Waals surface area contributed by atoms with E-state index in [9.17, 15) is 14.7 Å². The van der Waals surface area contributed by atoms with Crippen molar-refractivity contribution in [2.24, 2.45) is 0 Å². The van der Waals surface area contributed by atoms with Gasteiger partial charge in [0.2, 0.25) is 5.95 Å². The fourth-order valence-corrected chi connectivity index (χ4v) is 3.92.